The molecule has 2 nitrogen and oxygen atoms in total. The molecule has 0 aromatic heterocycles. The predicted molar refractivity (Wildman–Crippen MR) is 66.3 cm³/mol. The van der Waals surface area contributed by atoms with Crippen LogP contribution >= 0.6 is 11.6 Å². The quantitative estimate of drug-likeness (QED) is 0.637. The van der Waals surface area contributed by atoms with E-state index in [4.69, 9.17) is 11.6 Å². The molecule has 0 aliphatic carbocycles. The minimum atomic E-state index is -0.334. The van der Waals surface area contributed by atoms with Crippen molar-refractivity contribution < 1.29 is 9.18 Å². The van der Waals surface area contributed by atoms with Gasteiger partial charge in [-0.15, -0.1) is 0 Å². The van der Waals surface area contributed by atoms with Crippen LogP contribution in [0.2, 0.25) is 5.02 Å². The van der Waals surface area contributed by atoms with E-state index >= 15 is 0 Å². The SMILES string of the molecule is CC(=O)NCCC#Cc1ccc(F)c(C)c1Cl. The number of halogens is 2. The second-order valence-electron chi connectivity index (χ2n) is 3.57. The lowest BCUT2D eigenvalue weighted by Gasteiger charge is -2.01. The summed E-state index contributed by atoms with van der Waals surface area (Å²) in [5, 5.41) is 2.98. The van der Waals surface area contributed by atoms with E-state index in [9.17, 15) is 9.18 Å². The Labute approximate surface area is 105 Å². The van der Waals surface area contributed by atoms with Crippen LogP contribution < -0.4 is 5.32 Å². The first-order valence-electron chi connectivity index (χ1n) is 5.20. The predicted octanol–water partition coefficient (Wildman–Crippen LogP) is 2.67. The summed E-state index contributed by atoms with van der Waals surface area (Å²) in [6.45, 7) is 3.56. The minimum absolute atomic E-state index is 0.0811. The zero-order valence-electron chi connectivity index (χ0n) is 9.73. The third kappa shape index (κ3) is 4.08. The second-order valence-corrected chi connectivity index (χ2v) is 3.95. The molecular formula is C13H13ClFNO. The maximum atomic E-state index is 13.1. The largest absolute Gasteiger partial charge is 0.355 e. The molecule has 0 unspecified atom stereocenters. The van der Waals surface area contributed by atoms with Crippen LogP contribution in [-0.4, -0.2) is 12.5 Å². The molecule has 0 spiro atoms. The number of hydrogen-bond donors (Lipinski definition) is 1. The van der Waals surface area contributed by atoms with E-state index in [0.29, 0.717) is 29.1 Å². The molecule has 0 saturated heterocycles. The Hall–Kier alpha value is -1.53. The molecule has 17 heavy (non-hydrogen) atoms. The number of benzene rings is 1. The van der Waals surface area contributed by atoms with Crippen LogP contribution in [-0.2, 0) is 4.79 Å². The average Bonchev–Trinajstić information content (AvgIpc) is 2.28. The first-order chi connectivity index (χ1) is 8.02. The summed E-state index contributed by atoms with van der Waals surface area (Å²) in [6, 6.07) is 2.90. The zero-order chi connectivity index (χ0) is 12.8. The Morgan fingerprint density at radius 3 is 2.88 bits per heavy atom. The van der Waals surface area contributed by atoms with Crippen LogP contribution in [0.5, 0.6) is 0 Å². The van der Waals surface area contributed by atoms with E-state index in [1.807, 2.05) is 0 Å². The summed E-state index contributed by atoms with van der Waals surface area (Å²) in [5.41, 5.74) is 1.01. The van der Waals surface area contributed by atoms with E-state index in [-0.39, 0.29) is 11.7 Å². The van der Waals surface area contributed by atoms with Crippen LogP contribution in [0.4, 0.5) is 4.39 Å². The van der Waals surface area contributed by atoms with Gasteiger partial charge >= 0.3 is 0 Å². The Kier molecular flexibility index (Phi) is 4.99. The van der Waals surface area contributed by atoms with Crippen LogP contribution in [0.3, 0.4) is 0 Å². The van der Waals surface area contributed by atoms with Crippen LogP contribution in [0, 0.1) is 24.6 Å². The van der Waals surface area contributed by atoms with E-state index in [1.165, 1.54) is 13.0 Å². The highest BCUT2D eigenvalue weighted by atomic mass is 35.5. The zero-order valence-corrected chi connectivity index (χ0v) is 10.5. The van der Waals surface area contributed by atoms with Crippen molar-refractivity contribution >= 4 is 17.5 Å². The summed E-state index contributed by atoms with van der Waals surface area (Å²) >= 11 is 5.95. The summed E-state index contributed by atoms with van der Waals surface area (Å²) in [5.74, 6) is 5.31. The Bertz CT molecular complexity index is 488. The lowest BCUT2D eigenvalue weighted by atomic mass is 10.1. The summed E-state index contributed by atoms with van der Waals surface area (Å²) in [4.78, 5) is 10.6. The third-order valence-electron chi connectivity index (χ3n) is 2.17. The molecule has 0 heterocycles. The van der Waals surface area contributed by atoms with E-state index in [2.05, 4.69) is 17.2 Å². The van der Waals surface area contributed by atoms with Gasteiger partial charge in [-0.05, 0) is 19.1 Å². The van der Waals surface area contributed by atoms with Crippen LogP contribution in [0.25, 0.3) is 0 Å². The van der Waals surface area contributed by atoms with Crippen molar-refractivity contribution in [2.24, 2.45) is 0 Å². The molecule has 1 aromatic rings. The molecule has 1 rings (SSSR count). The molecule has 0 radical (unpaired) electrons. The van der Waals surface area contributed by atoms with Gasteiger partial charge in [-0.2, -0.15) is 0 Å². The van der Waals surface area contributed by atoms with Crippen molar-refractivity contribution in [1.82, 2.24) is 5.32 Å². The lowest BCUT2D eigenvalue weighted by Crippen LogP contribution is -2.20. The smallest absolute Gasteiger partial charge is 0.216 e. The molecule has 4 heteroatoms. The highest BCUT2D eigenvalue weighted by Crippen LogP contribution is 2.22. The van der Waals surface area contributed by atoms with E-state index in [1.54, 1.807) is 13.0 Å². The normalized spacial score (nSPS) is 9.41. The maximum Gasteiger partial charge on any atom is 0.216 e. The second kappa shape index (κ2) is 6.27. The topological polar surface area (TPSA) is 29.1 Å². The summed E-state index contributed by atoms with van der Waals surface area (Å²) in [7, 11) is 0. The van der Waals surface area contributed by atoms with E-state index in [0.717, 1.165) is 0 Å². The van der Waals surface area contributed by atoms with Crippen molar-refractivity contribution in [3.05, 3.63) is 34.1 Å². The average molecular weight is 254 g/mol. The fourth-order valence-electron chi connectivity index (χ4n) is 1.22. The first kappa shape index (κ1) is 13.5. The highest BCUT2D eigenvalue weighted by Gasteiger charge is 2.05. The minimum Gasteiger partial charge on any atom is -0.355 e. The molecule has 0 aliphatic heterocycles. The molecule has 0 aliphatic rings. The molecule has 1 amide bonds. The number of nitrogens with one attached hydrogen (secondary N) is 1. The summed E-state index contributed by atoms with van der Waals surface area (Å²) in [6.07, 6.45) is 0.534. The molecular weight excluding hydrogens is 241 g/mol. The number of amides is 1. The number of hydrogen-bond acceptors (Lipinski definition) is 1. The van der Waals surface area contributed by atoms with Gasteiger partial charge in [0.25, 0.3) is 0 Å². The molecule has 0 atom stereocenters. The van der Waals surface area contributed by atoms with Crippen LogP contribution in [0.15, 0.2) is 12.1 Å². The molecule has 0 saturated carbocycles. The standard InChI is InChI=1S/C13H13ClFNO/c1-9-12(15)7-6-11(13(9)14)5-3-4-8-16-10(2)17/h6-7H,4,8H2,1-2H3,(H,16,17). The molecule has 90 valence electrons. The lowest BCUT2D eigenvalue weighted by molar-refractivity contribution is -0.118. The van der Waals surface area contributed by atoms with Gasteiger partial charge < -0.3 is 5.32 Å². The van der Waals surface area contributed by atoms with Crippen molar-refractivity contribution in [2.45, 2.75) is 20.3 Å². The Morgan fingerprint density at radius 2 is 2.24 bits per heavy atom. The molecule has 0 bridgehead atoms. The third-order valence-corrected chi connectivity index (χ3v) is 2.65. The van der Waals surface area contributed by atoms with Crippen molar-refractivity contribution in [1.29, 1.82) is 0 Å². The fraction of sp³-hybridized carbons (Fsp3) is 0.308. The Morgan fingerprint density at radius 1 is 1.53 bits per heavy atom. The van der Waals surface area contributed by atoms with E-state index < -0.39 is 0 Å². The van der Waals surface area contributed by atoms with Crippen molar-refractivity contribution in [3.8, 4) is 11.8 Å². The number of carbonyl (C=O) groups is 1. The number of carbonyl (C=O) groups excluding carboxylic acids is 1. The molecule has 1 N–H and O–H groups in total. The van der Waals surface area contributed by atoms with Crippen molar-refractivity contribution in [2.75, 3.05) is 6.54 Å². The van der Waals surface area contributed by atoms with Crippen molar-refractivity contribution in [3.63, 3.8) is 0 Å². The van der Waals surface area contributed by atoms with Gasteiger partial charge in [0.2, 0.25) is 5.91 Å². The monoisotopic (exact) mass is 253 g/mol. The highest BCUT2D eigenvalue weighted by molar-refractivity contribution is 6.32. The van der Waals surface area contributed by atoms with Crippen LogP contribution in [0.1, 0.15) is 24.5 Å². The molecule has 0 fully saturated rings. The van der Waals surface area contributed by atoms with Gasteiger partial charge in [0.05, 0.1) is 5.02 Å². The van der Waals surface area contributed by atoms with Gasteiger partial charge in [-0.25, -0.2) is 4.39 Å². The maximum absolute atomic E-state index is 13.1. The first-order valence-corrected chi connectivity index (χ1v) is 5.58. The van der Waals surface area contributed by atoms with Gasteiger partial charge in [0, 0.05) is 31.0 Å². The van der Waals surface area contributed by atoms with Gasteiger partial charge in [-0.1, -0.05) is 23.4 Å². The molecule has 1 aromatic carbocycles. The Balaban J connectivity index is 2.66. The number of rotatable bonds is 2. The van der Waals surface area contributed by atoms with Gasteiger partial charge in [-0.3, -0.25) is 4.79 Å². The van der Waals surface area contributed by atoms with Gasteiger partial charge in [0.15, 0.2) is 0 Å². The summed E-state index contributed by atoms with van der Waals surface area (Å²) < 4.78 is 13.1. The van der Waals surface area contributed by atoms with Gasteiger partial charge in [0.1, 0.15) is 5.82 Å². The fourth-order valence-corrected chi connectivity index (χ4v) is 1.42.